The molecular weight excluding hydrogens is 260 g/mol. The number of methoxy groups -OCH3 is 1. The summed E-state index contributed by atoms with van der Waals surface area (Å²) in [6.45, 7) is 4.10. The third kappa shape index (κ3) is 3.74. The quantitative estimate of drug-likeness (QED) is 0.855. The maximum atomic E-state index is 9.85. The van der Waals surface area contributed by atoms with Gasteiger partial charge in [0.05, 0.1) is 19.6 Å². The van der Waals surface area contributed by atoms with Gasteiger partial charge in [0.15, 0.2) is 0 Å². The molecule has 0 aliphatic carbocycles. The van der Waals surface area contributed by atoms with Gasteiger partial charge in [0.2, 0.25) is 17.6 Å². The van der Waals surface area contributed by atoms with Crippen LogP contribution in [0.3, 0.4) is 0 Å². The number of aliphatic hydroxyl groups is 1. The van der Waals surface area contributed by atoms with Gasteiger partial charge in [0.1, 0.15) is 5.69 Å². The predicted octanol–water partition coefficient (Wildman–Crippen LogP) is 1.48. The minimum absolute atomic E-state index is 0.342. The second kappa shape index (κ2) is 6.42. The van der Waals surface area contributed by atoms with Gasteiger partial charge in [-0.2, -0.15) is 4.98 Å². The Morgan fingerprint density at radius 1 is 1.30 bits per heavy atom. The largest absolute Gasteiger partial charge is 0.480 e. The first-order valence-corrected chi connectivity index (χ1v) is 6.47. The lowest BCUT2D eigenvalue weighted by molar-refractivity contribution is 0.138. The summed E-state index contributed by atoms with van der Waals surface area (Å²) in [5, 5.41) is 21.5. The molecule has 0 saturated heterocycles. The third-order valence-electron chi connectivity index (χ3n) is 2.70. The normalized spacial score (nSPS) is 12.7. The van der Waals surface area contributed by atoms with E-state index in [1.807, 2.05) is 0 Å². The summed E-state index contributed by atoms with van der Waals surface area (Å²) in [5.74, 6) is 1.59. The van der Waals surface area contributed by atoms with E-state index < -0.39 is 6.10 Å². The molecule has 7 nitrogen and oxygen atoms in total. The van der Waals surface area contributed by atoms with Gasteiger partial charge in [-0.3, -0.25) is 0 Å². The Bertz CT molecular complexity index is 539. The Morgan fingerprint density at radius 2 is 2.10 bits per heavy atom. The third-order valence-corrected chi connectivity index (χ3v) is 2.70. The van der Waals surface area contributed by atoms with Crippen LogP contribution in [0.4, 0.5) is 0 Å². The van der Waals surface area contributed by atoms with Crippen LogP contribution in [0.15, 0.2) is 16.7 Å². The smallest absolute Gasteiger partial charge is 0.233 e. The SMILES string of the molecule is COc1ccc(-c2noc(CC(O)CC(C)C)n2)nn1. The summed E-state index contributed by atoms with van der Waals surface area (Å²) >= 11 is 0. The molecule has 2 aromatic heterocycles. The molecule has 0 aromatic carbocycles. The van der Waals surface area contributed by atoms with Crippen LogP contribution in [0.1, 0.15) is 26.2 Å². The van der Waals surface area contributed by atoms with Crippen LogP contribution >= 0.6 is 0 Å². The van der Waals surface area contributed by atoms with E-state index in [1.54, 1.807) is 12.1 Å². The summed E-state index contributed by atoms with van der Waals surface area (Å²) in [4.78, 5) is 4.20. The van der Waals surface area contributed by atoms with Crippen molar-refractivity contribution in [2.24, 2.45) is 5.92 Å². The molecule has 1 N–H and O–H groups in total. The summed E-state index contributed by atoms with van der Waals surface area (Å²) in [6.07, 6.45) is 0.555. The summed E-state index contributed by atoms with van der Waals surface area (Å²) in [6, 6.07) is 3.37. The zero-order valence-electron chi connectivity index (χ0n) is 11.8. The fourth-order valence-electron chi connectivity index (χ4n) is 1.82. The molecule has 0 aliphatic rings. The summed E-state index contributed by atoms with van der Waals surface area (Å²) in [5.41, 5.74) is 0.499. The highest BCUT2D eigenvalue weighted by Crippen LogP contribution is 2.16. The van der Waals surface area contributed by atoms with Crippen molar-refractivity contribution >= 4 is 0 Å². The molecular formula is C13H18N4O3. The summed E-state index contributed by atoms with van der Waals surface area (Å²) < 4.78 is 10.0. The van der Waals surface area contributed by atoms with Crippen molar-refractivity contribution in [2.75, 3.05) is 7.11 Å². The fraction of sp³-hybridized carbons (Fsp3) is 0.538. The molecule has 2 rings (SSSR count). The van der Waals surface area contributed by atoms with Crippen LogP contribution in [-0.2, 0) is 6.42 Å². The Kier molecular flexibility index (Phi) is 4.62. The van der Waals surface area contributed by atoms with E-state index in [-0.39, 0.29) is 0 Å². The average Bonchev–Trinajstić information content (AvgIpc) is 2.86. The lowest BCUT2D eigenvalue weighted by Crippen LogP contribution is -2.13. The van der Waals surface area contributed by atoms with Gasteiger partial charge in [-0.1, -0.05) is 19.0 Å². The molecule has 0 spiro atoms. The lowest BCUT2D eigenvalue weighted by atomic mass is 10.0. The highest BCUT2D eigenvalue weighted by molar-refractivity contribution is 5.47. The van der Waals surface area contributed by atoms with E-state index in [0.717, 1.165) is 0 Å². The first-order chi connectivity index (χ1) is 9.58. The van der Waals surface area contributed by atoms with Gasteiger partial charge in [-0.05, 0) is 18.4 Å². The minimum atomic E-state index is -0.481. The number of hydrogen-bond acceptors (Lipinski definition) is 7. The molecule has 0 bridgehead atoms. The zero-order chi connectivity index (χ0) is 14.5. The van der Waals surface area contributed by atoms with Gasteiger partial charge in [-0.25, -0.2) is 0 Å². The molecule has 0 saturated carbocycles. The van der Waals surface area contributed by atoms with E-state index >= 15 is 0 Å². The molecule has 0 aliphatic heterocycles. The number of aromatic nitrogens is 4. The van der Waals surface area contributed by atoms with Crippen molar-refractivity contribution in [3.63, 3.8) is 0 Å². The second-order valence-electron chi connectivity index (χ2n) is 4.96. The Morgan fingerprint density at radius 3 is 2.70 bits per heavy atom. The Labute approximate surface area is 117 Å². The number of rotatable bonds is 6. The number of nitrogens with zero attached hydrogens (tertiary/aromatic N) is 4. The lowest BCUT2D eigenvalue weighted by Gasteiger charge is -2.09. The van der Waals surface area contributed by atoms with Crippen LogP contribution in [0.5, 0.6) is 5.88 Å². The maximum absolute atomic E-state index is 9.85. The number of ether oxygens (including phenoxy) is 1. The van der Waals surface area contributed by atoms with Gasteiger partial charge >= 0.3 is 0 Å². The van der Waals surface area contributed by atoms with E-state index in [1.165, 1.54) is 7.11 Å². The molecule has 2 heterocycles. The van der Waals surface area contributed by atoms with Gasteiger partial charge in [-0.15, -0.1) is 10.2 Å². The van der Waals surface area contributed by atoms with E-state index in [0.29, 0.717) is 42.0 Å². The number of aliphatic hydroxyl groups excluding tert-OH is 1. The predicted molar refractivity (Wildman–Crippen MR) is 71.0 cm³/mol. The molecule has 1 unspecified atom stereocenters. The Hall–Kier alpha value is -2.02. The van der Waals surface area contributed by atoms with Crippen molar-refractivity contribution < 1.29 is 14.4 Å². The fourth-order valence-corrected chi connectivity index (χ4v) is 1.82. The summed E-state index contributed by atoms with van der Waals surface area (Å²) in [7, 11) is 1.52. The van der Waals surface area contributed by atoms with Crippen molar-refractivity contribution in [1.29, 1.82) is 0 Å². The van der Waals surface area contributed by atoms with E-state index in [9.17, 15) is 5.11 Å². The highest BCUT2D eigenvalue weighted by Gasteiger charge is 2.15. The average molecular weight is 278 g/mol. The zero-order valence-corrected chi connectivity index (χ0v) is 11.8. The van der Waals surface area contributed by atoms with Gasteiger partial charge in [0, 0.05) is 6.07 Å². The Balaban J connectivity index is 2.04. The molecule has 108 valence electrons. The van der Waals surface area contributed by atoms with Crippen molar-refractivity contribution in [3.05, 3.63) is 18.0 Å². The van der Waals surface area contributed by atoms with E-state index in [2.05, 4.69) is 34.2 Å². The molecule has 2 aromatic rings. The van der Waals surface area contributed by atoms with Crippen LogP contribution in [0.2, 0.25) is 0 Å². The molecule has 0 amide bonds. The van der Waals surface area contributed by atoms with Gasteiger partial charge < -0.3 is 14.4 Å². The van der Waals surface area contributed by atoms with E-state index in [4.69, 9.17) is 9.26 Å². The second-order valence-corrected chi connectivity index (χ2v) is 4.96. The van der Waals surface area contributed by atoms with Crippen LogP contribution < -0.4 is 4.74 Å². The maximum Gasteiger partial charge on any atom is 0.233 e. The van der Waals surface area contributed by atoms with Crippen molar-refractivity contribution in [2.45, 2.75) is 32.8 Å². The molecule has 0 radical (unpaired) electrons. The molecule has 7 heteroatoms. The number of hydrogen-bond donors (Lipinski definition) is 1. The monoisotopic (exact) mass is 278 g/mol. The van der Waals surface area contributed by atoms with Crippen molar-refractivity contribution in [1.82, 2.24) is 20.3 Å². The van der Waals surface area contributed by atoms with Crippen LogP contribution in [-0.4, -0.2) is 38.7 Å². The highest BCUT2D eigenvalue weighted by atomic mass is 16.5. The van der Waals surface area contributed by atoms with Gasteiger partial charge in [0.25, 0.3) is 0 Å². The van der Waals surface area contributed by atoms with Crippen LogP contribution in [0, 0.1) is 5.92 Å². The topological polar surface area (TPSA) is 94.2 Å². The molecule has 0 fully saturated rings. The first-order valence-electron chi connectivity index (χ1n) is 6.47. The minimum Gasteiger partial charge on any atom is -0.480 e. The first kappa shape index (κ1) is 14.4. The standard InChI is InChI=1S/C13H18N4O3/c1-8(2)6-9(18)7-12-14-13(17-20-12)10-4-5-11(19-3)16-15-10/h4-5,8-9,18H,6-7H2,1-3H3. The molecule has 1 atom stereocenters. The van der Waals surface area contributed by atoms with Crippen molar-refractivity contribution in [3.8, 4) is 17.4 Å². The van der Waals surface area contributed by atoms with Crippen LogP contribution in [0.25, 0.3) is 11.5 Å². The molecule has 20 heavy (non-hydrogen) atoms.